The van der Waals surface area contributed by atoms with Gasteiger partial charge < -0.3 is 4.74 Å². The van der Waals surface area contributed by atoms with Gasteiger partial charge in [0.25, 0.3) is 0 Å². The fourth-order valence-corrected chi connectivity index (χ4v) is 2.37. The van der Waals surface area contributed by atoms with Gasteiger partial charge in [0.2, 0.25) is 0 Å². The summed E-state index contributed by atoms with van der Waals surface area (Å²) in [6.07, 6.45) is 0. The molecule has 5 heteroatoms. The van der Waals surface area contributed by atoms with Crippen LogP contribution in [-0.2, 0) is 5.88 Å². The normalized spacial score (nSPS) is 10.4. The first-order valence-electron chi connectivity index (χ1n) is 5.07. The zero-order chi connectivity index (χ0) is 13.1. The standard InChI is InChI=1S/C13H8BrCl2FO/c14-9-4-10(17)6-11(5-9)18-13-8(7-15)2-1-3-12(13)16/h1-6H,7H2. The predicted octanol–water partition coefficient (Wildman–Crippen LogP) is 5.77. The molecule has 0 heterocycles. The molecule has 0 saturated heterocycles. The lowest BCUT2D eigenvalue weighted by atomic mass is 10.2. The summed E-state index contributed by atoms with van der Waals surface area (Å²) in [6.45, 7) is 0. The average molecular weight is 350 g/mol. The molecular formula is C13H8BrCl2FO. The van der Waals surface area contributed by atoms with Crippen LogP contribution in [0.1, 0.15) is 5.56 Å². The number of alkyl halides is 1. The molecular weight excluding hydrogens is 342 g/mol. The van der Waals surface area contributed by atoms with E-state index in [9.17, 15) is 4.39 Å². The molecule has 2 aromatic rings. The van der Waals surface area contributed by atoms with E-state index in [4.69, 9.17) is 27.9 Å². The second-order valence-corrected chi connectivity index (χ2v) is 5.16. The van der Waals surface area contributed by atoms with E-state index in [1.807, 2.05) is 6.07 Å². The van der Waals surface area contributed by atoms with Gasteiger partial charge in [0.1, 0.15) is 17.3 Å². The van der Waals surface area contributed by atoms with Crippen molar-refractivity contribution in [3.05, 3.63) is 57.3 Å². The van der Waals surface area contributed by atoms with Gasteiger partial charge in [-0.1, -0.05) is 39.7 Å². The summed E-state index contributed by atoms with van der Waals surface area (Å²) in [4.78, 5) is 0. The van der Waals surface area contributed by atoms with Gasteiger partial charge in [-0.15, -0.1) is 11.6 Å². The molecule has 0 aromatic heterocycles. The molecule has 0 atom stereocenters. The molecule has 0 amide bonds. The van der Waals surface area contributed by atoms with Gasteiger partial charge in [-0.25, -0.2) is 4.39 Å². The number of ether oxygens (including phenoxy) is 1. The van der Waals surface area contributed by atoms with Crippen LogP contribution in [0, 0.1) is 5.82 Å². The molecule has 0 spiro atoms. The lowest BCUT2D eigenvalue weighted by Crippen LogP contribution is -1.91. The molecule has 2 rings (SSSR count). The Kier molecular flexibility index (Phi) is 4.49. The van der Waals surface area contributed by atoms with Crippen molar-refractivity contribution in [3.63, 3.8) is 0 Å². The monoisotopic (exact) mass is 348 g/mol. The van der Waals surface area contributed by atoms with E-state index in [1.165, 1.54) is 12.1 Å². The third-order valence-corrected chi connectivity index (χ3v) is 3.29. The quantitative estimate of drug-likeness (QED) is 0.639. The molecule has 2 aromatic carbocycles. The van der Waals surface area contributed by atoms with E-state index in [0.717, 1.165) is 5.56 Å². The first-order valence-corrected chi connectivity index (χ1v) is 6.78. The summed E-state index contributed by atoms with van der Waals surface area (Å²) < 4.78 is 19.4. The number of hydrogen-bond acceptors (Lipinski definition) is 1. The number of rotatable bonds is 3. The van der Waals surface area contributed by atoms with Crippen LogP contribution in [0.3, 0.4) is 0 Å². The summed E-state index contributed by atoms with van der Waals surface area (Å²) in [6, 6.07) is 9.58. The topological polar surface area (TPSA) is 9.23 Å². The maximum Gasteiger partial charge on any atom is 0.150 e. The lowest BCUT2D eigenvalue weighted by molar-refractivity contribution is 0.472. The molecule has 0 unspecified atom stereocenters. The Hall–Kier alpha value is -0.770. The molecule has 0 N–H and O–H groups in total. The van der Waals surface area contributed by atoms with Crippen molar-refractivity contribution in [1.29, 1.82) is 0 Å². The second-order valence-electron chi connectivity index (χ2n) is 3.57. The third-order valence-electron chi connectivity index (χ3n) is 2.25. The SMILES string of the molecule is Fc1cc(Br)cc(Oc2c(Cl)cccc2CCl)c1. The summed E-state index contributed by atoms with van der Waals surface area (Å²) >= 11 is 15.1. The number of benzene rings is 2. The Morgan fingerprint density at radius 1 is 1.22 bits per heavy atom. The van der Waals surface area contributed by atoms with Gasteiger partial charge >= 0.3 is 0 Å². The minimum Gasteiger partial charge on any atom is -0.455 e. The van der Waals surface area contributed by atoms with E-state index in [-0.39, 0.29) is 11.7 Å². The van der Waals surface area contributed by atoms with Crippen molar-refractivity contribution in [2.24, 2.45) is 0 Å². The summed E-state index contributed by atoms with van der Waals surface area (Å²) in [7, 11) is 0. The van der Waals surface area contributed by atoms with E-state index in [0.29, 0.717) is 21.0 Å². The van der Waals surface area contributed by atoms with E-state index < -0.39 is 0 Å². The van der Waals surface area contributed by atoms with Gasteiger partial charge in [0.05, 0.1) is 10.9 Å². The first-order chi connectivity index (χ1) is 8.60. The Labute approximate surface area is 123 Å². The van der Waals surface area contributed by atoms with Gasteiger partial charge in [-0.3, -0.25) is 0 Å². The molecule has 0 aliphatic heterocycles. The van der Waals surface area contributed by atoms with E-state index in [1.54, 1.807) is 18.2 Å². The van der Waals surface area contributed by atoms with Crippen LogP contribution in [0.2, 0.25) is 5.02 Å². The number of hydrogen-bond donors (Lipinski definition) is 0. The fraction of sp³-hybridized carbons (Fsp3) is 0.0769. The Balaban J connectivity index is 2.39. The van der Waals surface area contributed by atoms with Gasteiger partial charge in [-0.2, -0.15) is 0 Å². The van der Waals surface area contributed by atoms with Crippen LogP contribution in [0.25, 0.3) is 0 Å². The molecule has 0 fully saturated rings. The van der Waals surface area contributed by atoms with Gasteiger partial charge in [-0.05, 0) is 18.2 Å². The molecule has 94 valence electrons. The maximum atomic E-state index is 13.2. The van der Waals surface area contributed by atoms with Crippen molar-refractivity contribution < 1.29 is 9.13 Å². The van der Waals surface area contributed by atoms with Crippen molar-refractivity contribution in [1.82, 2.24) is 0 Å². The fourth-order valence-electron chi connectivity index (χ4n) is 1.48. The largest absolute Gasteiger partial charge is 0.455 e. The second kappa shape index (κ2) is 5.91. The minimum absolute atomic E-state index is 0.270. The minimum atomic E-state index is -0.390. The molecule has 0 radical (unpaired) electrons. The van der Waals surface area contributed by atoms with Crippen LogP contribution in [0.4, 0.5) is 4.39 Å². The average Bonchev–Trinajstić information content (AvgIpc) is 2.30. The molecule has 0 aliphatic carbocycles. The van der Waals surface area contributed by atoms with E-state index in [2.05, 4.69) is 15.9 Å². The van der Waals surface area contributed by atoms with Crippen LogP contribution >= 0.6 is 39.1 Å². The number of halogens is 4. The summed E-state index contributed by atoms with van der Waals surface area (Å²) in [5.74, 6) is 0.693. The Morgan fingerprint density at radius 3 is 2.67 bits per heavy atom. The van der Waals surface area contributed by atoms with Crippen molar-refractivity contribution in [2.45, 2.75) is 5.88 Å². The molecule has 0 aliphatic rings. The highest BCUT2D eigenvalue weighted by Crippen LogP contribution is 2.34. The molecule has 0 saturated carbocycles. The Bertz CT molecular complexity index is 555. The first kappa shape index (κ1) is 13.7. The van der Waals surface area contributed by atoms with Gasteiger partial charge in [0, 0.05) is 16.1 Å². The van der Waals surface area contributed by atoms with E-state index >= 15 is 0 Å². The highest BCUT2D eigenvalue weighted by atomic mass is 79.9. The smallest absolute Gasteiger partial charge is 0.150 e. The highest BCUT2D eigenvalue weighted by molar-refractivity contribution is 9.10. The predicted molar refractivity (Wildman–Crippen MR) is 75.2 cm³/mol. The number of para-hydroxylation sites is 1. The third kappa shape index (κ3) is 3.16. The van der Waals surface area contributed by atoms with Crippen molar-refractivity contribution >= 4 is 39.1 Å². The summed E-state index contributed by atoms with van der Waals surface area (Å²) in [5.41, 5.74) is 0.754. The van der Waals surface area contributed by atoms with Crippen LogP contribution < -0.4 is 4.74 Å². The van der Waals surface area contributed by atoms with Crippen LogP contribution in [0.5, 0.6) is 11.5 Å². The van der Waals surface area contributed by atoms with Crippen LogP contribution in [0.15, 0.2) is 40.9 Å². The van der Waals surface area contributed by atoms with Gasteiger partial charge in [0.15, 0.2) is 0 Å². The Morgan fingerprint density at radius 2 is 2.00 bits per heavy atom. The van der Waals surface area contributed by atoms with Crippen LogP contribution in [-0.4, -0.2) is 0 Å². The lowest BCUT2D eigenvalue weighted by Gasteiger charge is -2.11. The van der Waals surface area contributed by atoms with Crippen molar-refractivity contribution in [3.8, 4) is 11.5 Å². The molecule has 1 nitrogen and oxygen atoms in total. The molecule has 0 bridgehead atoms. The maximum absolute atomic E-state index is 13.2. The van der Waals surface area contributed by atoms with Crippen molar-refractivity contribution in [2.75, 3.05) is 0 Å². The molecule has 18 heavy (non-hydrogen) atoms. The summed E-state index contributed by atoms with van der Waals surface area (Å²) in [5, 5.41) is 0.438. The zero-order valence-corrected chi connectivity index (χ0v) is 12.2. The highest BCUT2D eigenvalue weighted by Gasteiger charge is 2.10. The zero-order valence-electron chi connectivity index (χ0n) is 9.09.